The summed E-state index contributed by atoms with van der Waals surface area (Å²) in [5, 5.41) is 11.9. The maximum Gasteiger partial charge on any atom is 0.321 e. The van der Waals surface area contributed by atoms with Crippen LogP contribution in [0.3, 0.4) is 0 Å². The van der Waals surface area contributed by atoms with Gasteiger partial charge in [0.2, 0.25) is 0 Å². The van der Waals surface area contributed by atoms with Crippen LogP contribution in [0.1, 0.15) is 5.56 Å². The number of hydrogen-bond acceptors (Lipinski definition) is 6. The fraction of sp³-hybridized carbons (Fsp3) is 0.462. The molecule has 6 nitrogen and oxygen atoms in total. The monoisotopic (exact) mass is 301 g/mol. The topological polar surface area (TPSA) is 77.0 Å². The fourth-order valence-electron chi connectivity index (χ4n) is 1.71. The van der Waals surface area contributed by atoms with E-state index in [0.717, 1.165) is 5.56 Å². The Morgan fingerprint density at radius 1 is 1.25 bits per heavy atom. The molecular formula is C13H19NO5S. The molecule has 0 aliphatic carbocycles. The Hall–Kier alpha value is -1.60. The van der Waals surface area contributed by atoms with Crippen LogP contribution in [0.25, 0.3) is 0 Å². The van der Waals surface area contributed by atoms with E-state index in [4.69, 9.17) is 19.3 Å². The third-order valence-corrected chi connectivity index (χ3v) is 3.19. The Bertz CT molecular complexity index is 441. The minimum atomic E-state index is -0.952. The predicted octanol–water partition coefficient (Wildman–Crippen LogP) is 1.18. The zero-order chi connectivity index (χ0) is 15.1. The van der Waals surface area contributed by atoms with Crippen molar-refractivity contribution >= 4 is 18.6 Å². The molecule has 20 heavy (non-hydrogen) atoms. The maximum atomic E-state index is 11.0. The van der Waals surface area contributed by atoms with E-state index in [9.17, 15) is 4.79 Å². The summed E-state index contributed by atoms with van der Waals surface area (Å²) >= 11 is 4.00. The Balaban J connectivity index is 3.00. The number of benzene rings is 1. The summed E-state index contributed by atoms with van der Waals surface area (Å²) in [5.41, 5.74) is 0.726. The van der Waals surface area contributed by atoms with E-state index in [2.05, 4.69) is 17.9 Å². The number of nitrogens with one attached hydrogen (secondary N) is 1. The Morgan fingerprint density at radius 2 is 1.80 bits per heavy atom. The van der Waals surface area contributed by atoms with Crippen molar-refractivity contribution in [2.24, 2.45) is 0 Å². The molecule has 0 aliphatic rings. The Morgan fingerprint density at radius 3 is 2.15 bits per heavy atom. The first kappa shape index (κ1) is 16.5. The number of ether oxygens (including phenoxy) is 3. The van der Waals surface area contributed by atoms with Crippen LogP contribution in [-0.2, 0) is 11.3 Å². The second-order valence-corrected chi connectivity index (χ2v) is 4.33. The van der Waals surface area contributed by atoms with E-state index >= 15 is 0 Å². The van der Waals surface area contributed by atoms with Crippen LogP contribution < -0.4 is 19.5 Å². The third kappa shape index (κ3) is 3.94. The zero-order valence-corrected chi connectivity index (χ0v) is 12.6. The molecule has 1 aromatic carbocycles. The van der Waals surface area contributed by atoms with Gasteiger partial charge in [0.05, 0.1) is 26.9 Å². The van der Waals surface area contributed by atoms with Crippen LogP contribution in [0, 0.1) is 0 Å². The molecule has 0 heterocycles. The number of hydrogen-bond donors (Lipinski definition) is 3. The van der Waals surface area contributed by atoms with Crippen molar-refractivity contribution in [1.29, 1.82) is 0 Å². The van der Waals surface area contributed by atoms with Crippen molar-refractivity contribution < 1.29 is 24.1 Å². The molecule has 0 saturated carbocycles. The van der Waals surface area contributed by atoms with Gasteiger partial charge in [-0.15, -0.1) is 0 Å². The Labute approximate surface area is 123 Å². The summed E-state index contributed by atoms with van der Waals surface area (Å²) in [5.74, 6) is 0.975. The van der Waals surface area contributed by atoms with E-state index in [-0.39, 0.29) is 12.3 Å². The molecule has 0 fully saturated rings. The standard InChI is InChI=1S/C13H19NO5S/c1-17-8-4-11(18-2)9(12(5-8)19-3)6-14-10(7-20)13(15)16/h4-5,10,14,20H,6-7H2,1-3H3,(H,15,16). The van der Waals surface area contributed by atoms with E-state index in [1.165, 1.54) is 14.2 Å². The van der Waals surface area contributed by atoms with Gasteiger partial charge in [0, 0.05) is 24.4 Å². The van der Waals surface area contributed by atoms with Crippen molar-refractivity contribution in [2.45, 2.75) is 12.6 Å². The second-order valence-electron chi connectivity index (χ2n) is 3.96. The van der Waals surface area contributed by atoms with Gasteiger partial charge in [-0.25, -0.2) is 0 Å². The third-order valence-electron chi connectivity index (χ3n) is 2.82. The number of carboxylic acids is 1. The van der Waals surface area contributed by atoms with Crippen LogP contribution in [0.15, 0.2) is 12.1 Å². The summed E-state index contributed by atoms with van der Waals surface area (Å²) in [6, 6.07) is 2.70. The number of aliphatic carboxylic acids is 1. The quantitative estimate of drug-likeness (QED) is 0.626. The van der Waals surface area contributed by atoms with Crippen LogP contribution in [0.5, 0.6) is 17.2 Å². The average molecular weight is 301 g/mol. The zero-order valence-electron chi connectivity index (χ0n) is 11.7. The molecule has 1 unspecified atom stereocenters. The molecule has 0 radical (unpaired) electrons. The summed E-state index contributed by atoms with van der Waals surface area (Å²) in [4.78, 5) is 11.0. The highest BCUT2D eigenvalue weighted by Gasteiger charge is 2.18. The summed E-state index contributed by atoms with van der Waals surface area (Å²) in [6.45, 7) is 0.286. The van der Waals surface area contributed by atoms with Crippen LogP contribution >= 0.6 is 12.6 Å². The number of methoxy groups -OCH3 is 3. The Kier molecular flexibility index (Phi) is 6.47. The van der Waals surface area contributed by atoms with E-state index < -0.39 is 12.0 Å². The second kappa shape index (κ2) is 7.86. The van der Waals surface area contributed by atoms with Gasteiger partial charge >= 0.3 is 5.97 Å². The van der Waals surface area contributed by atoms with Crippen molar-refractivity contribution in [3.63, 3.8) is 0 Å². The van der Waals surface area contributed by atoms with Crippen LogP contribution in [-0.4, -0.2) is 44.2 Å². The lowest BCUT2D eigenvalue weighted by Gasteiger charge is -2.17. The summed E-state index contributed by atoms with van der Waals surface area (Å²) in [7, 11) is 4.61. The van der Waals surface area contributed by atoms with Crippen molar-refractivity contribution in [1.82, 2.24) is 5.32 Å². The van der Waals surface area contributed by atoms with Gasteiger partial charge in [0.15, 0.2) is 0 Å². The number of rotatable bonds is 8. The number of carboxylic acid groups (broad SMARTS) is 1. The van der Waals surface area contributed by atoms with Gasteiger partial charge in [-0.1, -0.05) is 0 Å². The van der Waals surface area contributed by atoms with Gasteiger partial charge in [0.1, 0.15) is 23.3 Å². The van der Waals surface area contributed by atoms with Crippen molar-refractivity contribution in [3.8, 4) is 17.2 Å². The molecule has 0 bridgehead atoms. The molecule has 0 amide bonds. The highest BCUT2D eigenvalue weighted by molar-refractivity contribution is 7.80. The smallest absolute Gasteiger partial charge is 0.321 e. The highest BCUT2D eigenvalue weighted by Crippen LogP contribution is 2.33. The van der Waals surface area contributed by atoms with Gasteiger partial charge in [-0.2, -0.15) is 12.6 Å². The minimum absolute atomic E-state index is 0.191. The van der Waals surface area contributed by atoms with E-state index in [0.29, 0.717) is 17.2 Å². The SMILES string of the molecule is COc1cc(OC)c(CNC(CS)C(=O)O)c(OC)c1. The van der Waals surface area contributed by atoms with E-state index in [1.54, 1.807) is 19.2 Å². The molecule has 7 heteroatoms. The van der Waals surface area contributed by atoms with Crippen molar-refractivity contribution in [3.05, 3.63) is 17.7 Å². The molecule has 0 aromatic heterocycles. The molecule has 0 aliphatic heterocycles. The first-order chi connectivity index (χ1) is 9.57. The number of carbonyl (C=O) groups is 1. The first-order valence-corrected chi connectivity index (χ1v) is 6.56. The average Bonchev–Trinajstić information content (AvgIpc) is 2.46. The van der Waals surface area contributed by atoms with Gasteiger partial charge < -0.3 is 19.3 Å². The minimum Gasteiger partial charge on any atom is -0.496 e. The molecule has 1 rings (SSSR count). The fourth-order valence-corrected chi connectivity index (χ4v) is 1.99. The lowest BCUT2D eigenvalue weighted by atomic mass is 10.1. The largest absolute Gasteiger partial charge is 0.496 e. The maximum absolute atomic E-state index is 11.0. The van der Waals surface area contributed by atoms with Gasteiger partial charge in [-0.05, 0) is 0 Å². The molecule has 1 atom stereocenters. The lowest BCUT2D eigenvalue weighted by molar-refractivity contribution is -0.138. The van der Waals surface area contributed by atoms with Gasteiger partial charge in [-0.3, -0.25) is 10.1 Å². The normalized spacial score (nSPS) is 11.8. The van der Waals surface area contributed by atoms with Crippen LogP contribution in [0.4, 0.5) is 0 Å². The summed E-state index contributed by atoms with van der Waals surface area (Å²) < 4.78 is 15.7. The molecule has 0 saturated heterocycles. The van der Waals surface area contributed by atoms with Gasteiger partial charge in [0.25, 0.3) is 0 Å². The van der Waals surface area contributed by atoms with Crippen LogP contribution in [0.2, 0.25) is 0 Å². The number of thiol groups is 1. The highest BCUT2D eigenvalue weighted by atomic mass is 32.1. The first-order valence-electron chi connectivity index (χ1n) is 5.93. The molecular weight excluding hydrogens is 282 g/mol. The molecule has 1 aromatic rings. The summed E-state index contributed by atoms with van der Waals surface area (Å²) in [6.07, 6.45) is 0. The molecule has 112 valence electrons. The van der Waals surface area contributed by atoms with Crippen molar-refractivity contribution in [2.75, 3.05) is 27.1 Å². The molecule has 2 N–H and O–H groups in total. The lowest BCUT2D eigenvalue weighted by Crippen LogP contribution is -2.37. The molecule has 0 spiro atoms. The van der Waals surface area contributed by atoms with E-state index in [1.807, 2.05) is 0 Å². The predicted molar refractivity (Wildman–Crippen MR) is 78.2 cm³/mol.